The number of non-ortho nitro benzene ring substituents is 1. The predicted molar refractivity (Wildman–Crippen MR) is 126 cm³/mol. The van der Waals surface area contributed by atoms with Crippen molar-refractivity contribution in [1.29, 1.82) is 0 Å². The maximum absolute atomic E-state index is 13.6. The van der Waals surface area contributed by atoms with E-state index in [4.69, 9.17) is 14.2 Å². The van der Waals surface area contributed by atoms with Gasteiger partial charge >= 0.3 is 11.9 Å². The summed E-state index contributed by atoms with van der Waals surface area (Å²) in [6.45, 7) is 0. The topological polar surface area (TPSA) is 139 Å². The molecule has 0 fully saturated rings. The van der Waals surface area contributed by atoms with Gasteiger partial charge in [-0.2, -0.15) is 0 Å². The van der Waals surface area contributed by atoms with Gasteiger partial charge < -0.3 is 14.2 Å². The maximum Gasteiger partial charge on any atom is 0.341 e. The van der Waals surface area contributed by atoms with Gasteiger partial charge in [0, 0.05) is 23.3 Å². The Morgan fingerprint density at radius 2 is 1.58 bits per heavy atom. The first-order valence-corrected chi connectivity index (χ1v) is 10.4. The molecule has 2 aromatic carbocycles. The van der Waals surface area contributed by atoms with Crippen LogP contribution >= 0.6 is 0 Å². The van der Waals surface area contributed by atoms with Crippen LogP contribution in [0.1, 0.15) is 36.8 Å². The molecule has 0 aliphatic rings. The fourth-order valence-electron chi connectivity index (χ4n) is 3.81. The number of ether oxygens (including phenoxy) is 3. The van der Waals surface area contributed by atoms with E-state index >= 15 is 0 Å². The second-order valence-electron chi connectivity index (χ2n) is 7.48. The van der Waals surface area contributed by atoms with Crippen molar-refractivity contribution in [1.82, 2.24) is 9.38 Å². The molecular weight excluding hydrogens is 470 g/mol. The van der Waals surface area contributed by atoms with Gasteiger partial charge in [0.05, 0.1) is 37.5 Å². The molecule has 4 rings (SSSR count). The predicted octanol–water partition coefficient (Wildman–Crippen LogP) is 3.72. The van der Waals surface area contributed by atoms with E-state index in [9.17, 15) is 24.5 Å². The average Bonchev–Trinajstić information content (AvgIpc) is 3.26. The molecule has 182 valence electrons. The molecular formula is C25H19N3O8. The third-order valence-corrected chi connectivity index (χ3v) is 5.53. The minimum atomic E-state index is -0.959. The number of methoxy groups -OCH3 is 3. The molecule has 2 heterocycles. The van der Waals surface area contributed by atoms with Crippen molar-refractivity contribution in [2.75, 3.05) is 21.3 Å². The minimum Gasteiger partial charge on any atom is -0.497 e. The highest BCUT2D eigenvalue weighted by atomic mass is 16.6. The number of ketones is 1. The number of nitrogens with zero attached hydrogens (tertiary/aromatic N) is 3. The zero-order chi connectivity index (χ0) is 26.0. The van der Waals surface area contributed by atoms with E-state index in [1.807, 2.05) is 0 Å². The summed E-state index contributed by atoms with van der Waals surface area (Å²) in [5, 5.41) is 11.2. The van der Waals surface area contributed by atoms with Crippen LogP contribution in [0, 0.1) is 10.1 Å². The highest BCUT2D eigenvalue weighted by molar-refractivity contribution is 6.20. The number of fused-ring (bicyclic) bond motifs is 1. The first-order chi connectivity index (χ1) is 17.3. The molecule has 2 aromatic heterocycles. The second kappa shape index (κ2) is 9.66. The van der Waals surface area contributed by atoms with E-state index in [1.165, 1.54) is 42.1 Å². The van der Waals surface area contributed by atoms with Gasteiger partial charge in [-0.05, 0) is 30.3 Å². The molecule has 36 heavy (non-hydrogen) atoms. The number of aromatic nitrogens is 2. The lowest BCUT2D eigenvalue weighted by molar-refractivity contribution is -0.384. The van der Waals surface area contributed by atoms with Gasteiger partial charge in [0.15, 0.2) is 0 Å². The fraction of sp³-hybridized carbons (Fsp3) is 0.120. The zero-order valence-electron chi connectivity index (χ0n) is 19.4. The second-order valence-corrected chi connectivity index (χ2v) is 7.48. The maximum atomic E-state index is 13.6. The highest BCUT2D eigenvalue weighted by Gasteiger charge is 2.33. The number of nitro groups is 1. The largest absolute Gasteiger partial charge is 0.497 e. The van der Waals surface area contributed by atoms with Gasteiger partial charge in [0.2, 0.25) is 5.78 Å². The molecule has 0 N–H and O–H groups in total. The van der Waals surface area contributed by atoms with Crippen molar-refractivity contribution in [3.05, 3.63) is 93.4 Å². The summed E-state index contributed by atoms with van der Waals surface area (Å²) in [6, 6.07) is 13.5. The molecule has 11 heteroatoms. The van der Waals surface area contributed by atoms with Crippen molar-refractivity contribution in [2.45, 2.75) is 0 Å². The molecule has 0 saturated carbocycles. The van der Waals surface area contributed by atoms with Gasteiger partial charge in [0.1, 0.15) is 28.9 Å². The minimum absolute atomic E-state index is 0.0654. The van der Waals surface area contributed by atoms with Crippen LogP contribution < -0.4 is 4.74 Å². The smallest absolute Gasteiger partial charge is 0.341 e. The number of nitro benzene ring substituents is 1. The molecule has 0 spiro atoms. The number of rotatable bonds is 7. The Morgan fingerprint density at radius 3 is 2.19 bits per heavy atom. The van der Waals surface area contributed by atoms with Crippen LogP contribution in [0.25, 0.3) is 16.8 Å². The van der Waals surface area contributed by atoms with Gasteiger partial charge in [-0.1, -0.05) is 12.1 Å². The number of carbonyl (C=O) groups is 3. The summed E-state index contributed by atoms with van der Waals surface area (Å²) in [6.07, 6.45) is 1.29. The van der Waals surface area contributed by atoms with Gasteiger partial charge in [-0.15, -0.1) is 0 Å². The van der Waals surface area contributed by atoms with Crippen LogP contribution in [0.15, 0.2) is 60.9 Å². The summed E-state index contributed by atoms with van der Waals surface area (Å²) >= 11 is 0. The van der Waals surface area contributed by atoms with Crippen LogP contribution in [-0.2, 0) is 9.47 Å². The van der Waals surface area contributed by atoms with Crippen LogP contribution in [0.5, 0.6) is 5.75 Å². The van der Waals surface area contributed by atoms with E-state index in [2.05, 4.69) is 4.98 Å². The van der Waals surface area contributed by atoms with Crippen LogP contribution in [-0.4, -0.2) is 53.4 Å². The van der Waals surface area contributed by atoms with E-state index in [-0.39, 0.29) is 33.6 Å². The number of carbonyl (C=O) groups excluding carboxylic acids is 3. The summed E-state index contributed by atoms with van der Waals surface area (Å²) in [5.41, 5.74) is 0.132. The van der Waals surface area contributed by atoms with E-state index in [1.54, 1.807) is 24.3 Å². The highest BCUT2D eigenvalue weighted by Crippen LogP contribution is 2.31. The Hall–Kier alpha value is -5.06. The Balaban J connectivity index is 2.01. The van der Waals surface area contributed by atoms with Gasteiger partial charge in [-0.25, -0.2) is 14.6 Å². The lowest BCUT2D eigenvalue weighted by Gasteiger charge is -2.07. The van der Waals surface area contributed by atoms with E-state index < -0.39 is 22.6 Å². The molecule has 4 aromatic rings. The monoisotopic (exact) mass is 489 g/mol. The standard InChI is InChI=1S/C25H19N3O8/c1-34-17-9-7-14(8-10-17)18-12-19-20(24(30)35-2)21(25(31)36-3)22(27(19)13-26-18)23(29)15-5-4-6-16(11-15)28(32)33/h4-13H,1-3H3. The third kappa shape index (κ3) is 4.13. The normalized spacial score (nSPS) is 10.6. The molecule has 11 nitrogen and oxygen atoms in total. The summed E-state index contributed by atoms with van der Waals surface area (Å²) in [7, 11) is 3.78. The van der Waals surface area contributed by atoms with Crippen LogP contribution in [0.2, 0.25) is 0 Å². The van der Waals surface area contributed by atoms with Crippen molar-refractivity contribution in [3.63, 3.8) is 0 Å². The fourth-order valence-corrected chi connectivity index (χ4v) is 3.81. The van der Waals surface area contributed by atoms with E-state index in [0.29, 0.717) is 17.0 Å². The molecule has 0 amide bonds. The first-order valence-electron chi connectivity index (χ1n) is 10.4. The Morgan fingerprint density at radius 1 is 0.917 bits per heavy atom. The van der Waals surface area contributed by atoms with Crippen LogP contribution in [0.4, 0.5) is 5.69 Å². The lowest BCUT2D eigenvalue weighted by Crippen LogP contribution is -2.15. The number of esters is 2. The Bertz CT molecular complexity index is 1520. The number of hydrogen-bond acceptors (Lipinski definition) is 9. The Labute approximate surface area is 204 Å². The van der Waals surface area contributed by atoms with Gasteiger partial charge in [0.25, 0.3) is 5.69 Å². The SMILES string of the molecule is COC(=O)c1c(C(=O)OC)c2cc(-c3ccc(OC)cc3)ncn2c1C(=O)c1cccc([N+](=O)[O-])c1. The number of benzene rings is 2. The molecule has 0 atom stereocenters. The van der Waals surface area contributed by atoms with Crippen molar-refractivity contribution in [3.8, 4) is 17.0 Å². The molecule has 0 unspecified atom stereocenters. The quantitative estimate of drug-likeness (QED) is 0.164. The molecule has 0 saturated heterocycles. The molecule has 0 bridgehead atoms. The van der Waals surface area contributed by atoms with Crippen molar-refractivity contribution in [2.24, 2.45) is 0 Å². The van der Waals surface area contributed by atoms with Gasteiger partial charge in [-0.3, -0.25) is 19.3 Å². The van der Waals surface area contributed by atoms with Crippen molar-refractivity contribution < 1.29 is 33.5 Å². The zero-order valence-corrected chi connectivity index (χ0v) is 19.4. The van der Waals surface area contributed by atoms with Crippen molar-refractivity contribution >= 4 is 28.9 Å². The Kier molecular flexibility index (Phi) is 6.46. The number of hydrogen-bond donors (Lipinski definition) is 0. The van der Waals surface area contributed by atoms with Crippen LogP contribution in [0.3, 0.4) is 0 Å². The summed E-state index contributed by atoms with van der Waals surface area (Å²) < 4.78 is 16.2. The summed E-state index contributed by atoms with van der Waals surface area (Å²) in [5.74, 6) is -1.95. The third-order valence-electron chi connectivity index (χ3n) is 5.53. The molecule has 0 aliphatic carbocycles. The van der Waals surface area contributed by atoms with E-state index in [0.717, 1.165) is 20.3 Å². The molecule has 0 aliphatic heterocycles. The first kappa shape index (κ1) is 24.1. The summed E-state index contributed by atoms with van der Waals surface area (Å²) in [4.78, 5) is 54.2. The average molecular weight is 489 g/mol. The lowest BCUT2D eigenvalue weighted by atomic mass is 10.0. The molecule has 0 radical (unpaired) electrons.